The number of carbonyl (C=O) groups excluding carboxylic acids is 1. The first-order chi connectivity index (χ1) is 13.2. The molecule has 0 unspecified atom stereocenters. The smallest absolute Gasteiger partial charge is 0.330 e. The summed E-state index contributed by atoms with van der Waals surface area (Å²) in [5.74, 6) is 0.0166. The predicted octanol–water partition coefficient (Wildman–Crippen LogP) is 5.41. The average Bonchev–Trinajstić information content (AvgIpc) is 2.68. The summed E-state index contributed by atoms with van der Waals surface area (Å²) in [6, 6.07) is 9.80. The molecule has 150 valence electrons. The lowest BCUT2D eigenvalue weighted by Gasteiger charge is -2.40. The number of alkyl halides is 3. The summed E-state index contributed by atoms with van der Waals surface area (Å²) >= 11 is 6.13. The zero-order chi connectivity index (χ0) is 20.4. The Kier molecular flexibility index (Phi) is 6.10. The van der Waals surface area contributed by atoms with Crippen molar-refractivity contribution in [3.63, 3.8) is 0 Å². The number of ketones is 1. The second kappa shape index (κ2) is 8.21. The third-order valence-electron chi connectivity index (χ3n) is 5.74. The van der Waals surface area contributed by atoms with Crippen LogP contribution in [0.15, 0.2) is 42.6 Å². The first-order valence-corrected chi connectivity index (χ1v) is 9.64. The van der Waals surface area contributed by atoms with Gasteiger partial charge in [0.1, 0.15) is 5.69 Å². The molecule has 0 radical (unpaired) electrons. The number of benzene rings is 1. The summed E-state index contributed by atoms with van der Waals surface area (Å²) in [6.07, 6.45) is 0.206. The van der Waals surface area contributed by atoms with Crippen LogP contribution < -0.4 is 5.73 Å². The van der Waals surface area contributed by atoms with Crippen molar-refractivity contribution < 1.29 is 18.0 Å². The van der Waals surface area contributed by atoms with Crippen LogP contribution in [0.4, 0.5) is 13.2 Å². The summed E-state index contributed by atoms with van der Waals surface area (Å²) in [5, 5.41) is 0.678. The zero-order valence-corrected chi connectivity index (χ0v) is 16.1. The van der Waals surface area contributed by atoms with Gasteiger partial charge >= 0.3 is 6.18 Å². The monoisotopic (exact) mass is 410 g/mol. The molecule has 3 rings (SSSR count). The molecule has 0 atom stereocenters. The Morgan fingerprint density at radius 1 is 1.21 bits per heavy atom. The Bertz CT molecular complexity index is 828. The van der Waals surface area contributed by atoms with Crippen molar-refractivity contribution in [2.24, 2.45) is 11.7 Å². The second-order valence-corrected chi connectivity index (χ2v) is 7.93. The summed E-state index contributed by atoms with van der Waals surface area (Å²) in [7, 11) is 0. The van der Waals surface area contributed by atoms with E-state index in [4.69, 9.17) is 17.3 Å². The SMILES string of the molecule is NCC1(c2cccc(Cl)c2)CCC(CC(=O)c2ccc(C(F)(F)F)nc2)CC1. The first kappa shape index (κ1) is 20.8. The first-order valence-electron chi connectivity index (χ1n) is 9.26. The predicted molar refractivity (Wildman–Crippen MR) is 102 cm³/mol. The minimum atomic E-state index is -4.50. The van der Waals surface area contributed by atoms with Crippen LogP contribution in [-0.4, -0.2) is 17.3 Å². The molecule has 1 heterocycles. The standard InChI is InChI=1S/C21H22ClF3N2O/c22-17-3-1-2-16(11-17)20(13-26)8-6-14(7-9-20)10-18(28)15-4-5-19(27-12-15)21(23,24)25/h1-5,11-12,14H,6-10,13,26H2. The molecule has 1 aromatic carbocycles. The molecule has 28 heavy (non-hydrogen) atoms. The van der Waals surface area contributed by atoms with Gasteiger partial charge < -0.3 is 5.73 Å². The fourth-order valence-corrected chi connectivity index (χ4v) is 4.16. The van der Waals surface area contributed by atoms with Gasteiger partial charge in [-0.15, -0.1) is 0 Å². The van der Waals surface area contributed by atoms with Crippen LogP contribution in [0, 0.1) is 5.92 Å². The van der Waals surface area contributed by atoms with E-state index in [2.05, 4.69) is 4.98 Å². The van der Waals surface area contributed by atoms with Crippen LogP contribution in [0.25, 0.3) is 0 Å². The van der Waals surface area contributed by atoms with Gasteiger partial charge in [-0.3, -0.25) is 9.78 Å². The van der Waals surface area contributed by atoms with Crippen molar-refractivity contribution in [3.8, 4) is 0 Å². The highest BCUT2D eigenvalue weighted by Gasteiger charge is 2.36. The third-order valence-corrected chi connectivity index (χ3v) is 5.98. The third kappa shape index (κ3) is 4.55. The zero-order valence-electron chi connectivity index (χ0n) is 15.3. The van der Waals surface area contributed by atoms with E-state index in [1.807, 2.05) is 24.3 Å². The molecule has 1 aliphatic rings. The van der Waals surface area contributed by atoms with Gasteiger partial charge in [-0.05, 0) is 61.4 Å². The number of hydrogen-bond donors (Lipinski definition) is 1. The van der Waals surface area contributed by atoms with Gasteiger partial charge in [0.05, 0.1) is 0 Å². The number of nitrogens with two attached hydrogens (primary N) is 1. The van der Waals surface area contributed by atoms with Gasteiger partial charge in [-0.1, -0.05) is 23.7 Å². The fraction of sp³-hybridized carbons (Fsp3) is 0.429. The van der Waals surface area contributed by atoms with Gasteiger partial charge in [-0.2, -0.15) is 13.2 Å². The number of carbonyl (C=O) groups is 1. The van der Waals surface area contributed by atoms with Gasteiger partial charge in [0, 0.05) is 35.2 Å². The normalized spacial score (nSPS) is 22.8. The molecule has 0 bridgehead atoms. The Balaban J connectivity index is 1.62. The quantitative estimate of drug-likeness (QED) is 0.670. The van der Waals surface area contributed by atoms with Crippen LogP contribution in [0.5, 0.6) is 0 Å². The van der Waals surface area contributed by atoms with E-state index in [0.29, 0.717) is 18.0 Å². The fourth-order valence-electron chi connectivity index (χ4n) is 3.97. The lowest BCUT2D eigenvalue weighted by atomic mass is 9.66. The topological polar surface area (TPSA) is 56.0 Å². The van der Waals surface area contributed by atoms with Crippen LogP contribution in [0.3, 0.4) is 0 Å². The number of halogens is 4. The Hall–Kier alpha value is -1.92. The summed E-state index contributed by atoms with van der Waals surface area (Å²) < 4.78 is 37.8. The summed E-state index contributed by atoms with van der Waals surface area (Å²) in [5.41, 5.74) is 6.31. The van der Waals surface area contributed by atoms with E-state index >= 15 is 0 Å². The molecule has 1 aromatic heterocycles. The van der Waals surface area contributed by atoms with Gasteiger partial charge in [0.15, 0.2) is 5.78 Å². The summed E-state index contributed by atoms with van der Waals surface area (Å²) in [6.45, 7) is 0.511. The number of nitrogens with zero attached hydrogens (tertiary/aromatic N) is 1. The maximum Gasteiger partial charge on any atom is 0.433 e. The molecule has 0 amide bonds. The average molecular weight is 411 g/mol. The molecule has 1 saturated carbocycles. The minimum Gasteiger partial charge on any atom is -0.330 e. The molecule has 3 nitrogen and oxygen atoms in total. The van der Waals surface area contributed by atoms with E-state index < -0.39 is 11.9 Å². The number of hydrogen-bond acceptors (Lipinski definition) is 3. The number of Topliss-reactive ketones (excluding diaryl/α,β-unsaturated/α-hetero) is 1. The van der Waals surface area contributed by atoms with E-state index in [0.717, 1.165) is 43.5 Å². The molecular weight excluding hydrogens is 389 g/mol. The van der Waals surface area contributed by atoms with Crippen molar-refractivity contribution in [1.29, 1.82) is 0 Å². The van der Waals surface area contributed by atoms with Gasteiger partial charge in [0.2, 0.25) is 0 Å². The van der Waals surface area contributed by atoms with Crippen molar-refractivity contribution in [2.45, 2.75) is 43.7 Å². The van der Waals surface area contributed by atoms with Crippen molar-refractivity contribution in [3.05, 3.63) is 64.4 Å². The maximum atomic E-state index is 12.6. The van der Waals surface area contributed by atoms with Crippen LogP contribution in [-0.2, 0) is 11.6 Å². The van der Waals surface area contributed by atoms with Crippen LogP contribution in [0.1, 0.15) is 53.7 Å². The summed E-state index contributed by atoms with van der Waals surface area (Å²) in [4.78, 5) is 15.8. The minimum absolute atomic E-state index is 0.139. The molecule has 1 fully saturated rings. The lowest BCUT2D eigenvalue weighted by molar-refractivity contribution is -0.141. The lowest BCUT2D eigenvalue weighted by Crippen LogP contribution is -2.39. The van der Waals surface area contributed by atoms with E-state index in [9.17, 15) is 18.0 Å². The maximum absolute atomic E-state index is 12.6. The van der Waals surface area contributed by atoms with Gasteiger partial charge in [0.25, 0.3) is 0 Å². The molecule has 0 saturated heterocycles. The number of rotatable bonds is 5. The van der Waals surface area contributed by atoms with Crippen molar-refractivity contribution >= 4 is 17.4 Å². The van der Waals surface area contributed by atoms with E-state index in [1.54, 1.807) is 0 Å². The highest BCUT2D eigenvalue weighted by molar-refractivity contribution is 6.30. The molecule has 0 aliphatic heterocycles. The Morgan fingerprint density at radius 3 is 2.46 bits per heavy atom. The van der Waals surface area contributed by atoms with E-state index in [-0.39, 0.29) is 22.7 Å². The molecular formula is C21H22ClF3N2O. The Morgan fingerprint density at radius 2 is 1.93 bits per heavy atom. The van der Waals surface area contributed by atoms with Crippen molar-refractivity contribution in [1.82, 2.24) is 4.98 Å². The number of aromatic nitrogens is 1. The van der Waals surface area contributed by atoms with E-state index in [1.165, 1.54) is 6.07 Å². The van der Waals surface area contributed by atoms with Crippen LogP contribution in [0.2, 0.25) is 5.02 Å². The molecule has 2 N–H and O–H groups in total. The highest BCUT2D eigenvalue weighted by atomic mass is 35.5. The van der Waals surface area contributed by atoms with Crippen LogP contribution >= 0.6 is 11.6 Å². The molecule has 7 heteroatoms. The molecule has 0 spiro atoms. The van der Waals surface area contributed by atoms with Crippen molar-refractivity contribution in [2.75, 3.05) is 6.54 Å². The number of pyridine rings is 1. The molecule has 2 aromatic rings. The highest BCUT2D eigenvalue weighted by Crippen LogP contribution is 2.42. The van der Waals surface area contributed by atoms with Gasteiger partial charge in [-0.25, -0.2) is 0 Å². The second-order valence-electron chi connectivity index (χ2n) is 7.50. The largest absolute Gasteiger partial charge is 0.433 e. The molecule has 1 aliphatic carbocycles. The Labute approximate surface area is 167 Å².